The van der Waals surface area contributed by atoms with Crippen LogP contribution in [-0.4, -0.2) is 26.2 Å². The number of esters is 2. The predicted octanol–water partition coefficient (Wildman–Crippen LogP) is 3.72. The van der Waals surface area contributed by atoms with E-state index < -0.39 is 56.8 Å². The van der Waals surface area contributed by atoms with Gasteiger partial charge in [0.05, 0.1) is 24.3 Å². The first kappa shape index (κ1) is 19.4. The van der Waals surface area contributed by atoms with E-state index >= 15 is 0 Å². The number of benzene rings is 1. The summed E-state index contributed by atoms with van der Waals surface area (Å²) in [6.07, 6.45) is -5.44. The summed E-state index contributed by atoms with van der Waals surface area (Å²) in [6.45, 7) is 0. The van der Waals surface area contributed by atoms with E-state index in [9.17, 15) is 31.5 Å². The van der Waals surface area contributed by atoms with E-state index in [0.29, 0.717) is 0 Å². The molecule has 1 aromatic carbocycles. The molecule has 0 aliphatic carbocycles. The van der Waals surface area contributed by atoms with E-state index in [1.165, 1.54) is 0 Å². The molecule has 1 aromatic rings. The lowest BCUT2D eigenvalue weighted by atomic mass is 9.96. The van der Waals surface area contributed by atoms with Gasteiger partial charge in [0.25, 0.3) is 0 Å². The molecule has 0 aliphatic heterocycles. The van der Waals surface area contributed by atoms with Crippen molar-refractivity contribution in [2.24, 2.45) is 0 Å². The number of alkyl halides is 3. The number of methoxy groups -OCH3 is 2. The molecule has 0 atom stereocenters. The zero-order chi connectivity index (χ0) is 18.1. The molecule has 0 fully saturated rings. The number of hydrogen-bond donors (Lipinski definition) is 0. The van der Waals surface area contributed by atoms with Crippen molar-refractivity contribution in [1.29, 1.82) is 0 Å². The largest absolute Gasteiger partial charge is 0.468 e. The zero-order valence-corrected chi connectivity index (χ0v) is 12.9. The van der Waals surface area contributed by atoms with E-state index in [1.807, 2.05) is 0 Å². The van der Waals surface area contributed by atoms with Crippen LogP contribution in [0.3, 0.4) is 0 Å². The van der Waals surface area contributed by atoms with Gasteiger partial charge in [0.2, 0.25) is 0 Å². The maximum absolute atomic E-state index is 13.8. The van der Waals surface area contributed by atoms with Crippen molar-refractivity contribution in [3.8, 4) is 0 Å². The van der Waals surface area contributed by atoms with Crippen LogP contribution in [0, 0.1) is 11.6 Å². The molecule has 0 saturated heterocycles. The Bertz CT molecular complexity index is 615. The van der Waals surface area contributed by atoms with Crippen molar-refractivity contribution in [2.45, 2.75) is 12.1 Å². The van der Waals surface area contributed by atoms with Crippen molar-refractivity contribution in [3.05, 3.63) is 32.8 Å². The smallest absolute Gasteiger partial charge is 0.422 e. The number of carbonyl (C=O) groups is 2. The van der Waals surface area contributed by atoms with Crippen molar-refractivity contribution < 1.29 is 41.0 Å². The van der Waals surface area contributed by atoms with Gasteiger partial charge in [0.15, 0.2) is 17.6 Å². The van der Waals surface area contributed by atoms with Crippen LogP contribution in [-0.2, 0) is 25.2 Å². The molecule has 0 aliphatic rings. The highest BCUT2D eigenvalue weighted by Crippen LogP contribution is 2.44. The lowest BCUT2D eigenvalue weighted by Gasteiger charge is -2.19. The summed E-state index contributed by atoms with van der Waals surface area (Å²) in [7, 11) is 1.66. The van der Waals surface area contributed by atoms with Gasteiger partial charge in [-0.05, 0) is 0 Å². The van der Waals surface area contributed by atoms with Gasteiger partial charge in [-0.25, -0.2) is 8.78 Å². The van der Waals surface area contributed by atoms with Crippen LogP contribution in [0.1, 0.15) is 17.0 Å². The Kier molecular flexibility index (Phi) is 5.81. The van der Waals surface area contributed by atoms with Crippen molar-refractivity contribution in [2.75, 3.05) is 14.2 Å². The SMILES string of the molecule is COC(=O)C(C(=O)OC)c1c(Cl)c(F)c(C(F)(F)F)c(F)c1Cl. The van der Waals surface area contributed by atoms with Gasteiger partial charge in [-0.2, -0.15) is 13.2 Å². The van der Waals surface area contributed by atoms with E-state index in [4.69, 9.17) is 23.2 Å². The van der Waals surface area contributed by atoms with Gasteiger partial charge in [-0.15, -0.1) is 0 Å². The second kappa shape index (κ2) is 6.88. The van der Waals surface area contributed by atoms with E-state index in [-0.39, 0.29) is 0 Å². The van der Waals surface area contributed by atoms with Crippen molar-refractivity contribution in [1.82, 2.24) is 0 Å². The summed E-state index contributed by atoms with van der Waals surface area (Å²) in [5.41, 5.74) is -3.36. The van der Waals surface area contributed by atoms with Gasteiger partial charge in [0.1, 0.15) is 5.56 Å². The molecule has 11 heteroatoms. The second-order valence-corrected chi connectivity index (χ2v) is 4.78. The fourth-order valence-electron chi connectivity index (χ4n) is 1.72. The molecule has 23 heavy (non-hydrogen) atoms. The quantitative estimate of drug-likeness (QED) is 0.347. The molecule has 0 N–H and O–H groups in total. The summed E-state index contributed by atoms with van der Waals surface area (Å²) in [6, 6.07) is 0. The third-order valence-corrected chi connectivity index (χ3v) is 3.48. The van der Waals surface area contributed by atoms with Crippen LogP contribution in [0.5, 0.6) is 0 Å². The van der Waals surface area contributed by atoms with Crippen LogP contribution < -0.4 is 0 Å². The van der Waals surface area contributed by atoms with Crippen LogP contribution in [0.2, 0.25) is 10.0 Å². The second-order valence-electron chi connectivity index (χ2n) is 4.02. The molecule has 0 aromatic heterocycles. The fraction of sp³-hybridized carbons (Fsp3) is 0.333. The average molecular weight is 381 g/mol. The van der Waals surface area contributed by atoms with E-state index in [0.717, 1.165) is 14.2 Å². The molecular weight excluding hydrogens is 374 g/mol. The van der Waals surface area contributed by atoms with Crippen LogP contribution in [0.4, 0.5) is 22.0 Å². The Hall–Kier alpha value is -1.61. The Morgan fingerprint density at radius 2 is 1.30 bits per heavy atom. The summed E-state index contributed by atoms with van der Waals surface area (Å²) >= 11 is 10.9. The molecule has 0 heterocycles. The van der Waals surface area contributed by atoms with Crippen LogP contribution in [0.25, 0.3) is 0 Å². The molecule has 0 unspecified atom stereocenters. The van der Waals surface area contributed by atoms with Crippen LogP contribution in [0.15, 0.2) is 0 Å². The Morgan fingerprint density at radius 3 is 1.57 bits per heavy atom. The van der Waals surface area contributed by atoms with Crippen LogP contribution >= 0.6 is 23.2 Å². The summed E-state index contributed by atoms with van der Waals surface area (Å²) < 4.78 is 74.2. The first-order chi connectivity index (χ1) is 10.5. The minimum absolute atomic E-state index is 0.830. The molecule has 4 nitrogen and oxygen atoms in total. The molecule has 1 rings (SSSR count). The number of rotatable bonds is 3. The average Bonchev–Trinajstić information content (AvgIpc) is 2.46. The Labute approximate surface area is 136 Å². The monoisotopic (exact) mass is 380 g/mol. The maximum Gasteiger partial charge on any atom is 0.422 e. The molecule has 0 radical (unpaired) electrons. The van der Waals surface area contributed by atoms with Gasteiger partial charge in [-0.3, -0.25) is 9.59 Å². The van der Waals surface area contributed by atoms with Gasteiger partial charge >= 0.3 is 18.1 Å². The first-order valence-electron chi connectivity index (χ1n) is 5.57. The van der Waals surface area contributed by atoms with E-state index in [2.05, 4.69) is 9.47 Å². The molecule has 0 amide bonds. The topological polar surface area (TPSA) is 52.6 Å². The number of hydrogen-bond acceptors (Lipinski definition) is 4. The van der Waals surface area contributed by atoms with Gasteiger partial charge < -0.3 is 9.47 Å². The maximum atomic E-state index is 13.8. The molecule has 0 saturated carbocycles. The normalized spacial score (nSPS) is 11.6. The first-order valence-corrected chi connectivity index (χ1v) is 6.33. The number of carbonyl (C=O) groups excluding carboxylic acids is 2. The molecular formula is C12H7Cl2F5O4. The number of ether oxygens (including phenoxy) is 2. The van der Waals surface area contributed by atoms with E-state index in [1.54, 1.807) is 0 Å². The highest BCUT2D eigenvalue weighted by molar-refractivity contribution is 6.37. The third kappa shape index (κ3) is 3.50. The standard InChI is InChI=1S/C12H7Cl2F5O4/c1-22-10(20)4(11(21)23-2)3-6(13)8(15)5(12(17,18)19)9(16)7(3)14/h4H,1-2H3. The molecule has 128 valence electrons. The minimum Gasteiger partial charge on any atom is -0.468 e. The highest BCUT2D eigenvalue weighted by atomic mass is 35.5. The lowest BCUT2D eigenvalue weighted by Crippen LogP contribution is -2.26. The third-order valence-electron chi connectivity index (χ3n) is 2.74. The predicted molar refractivity (Wildman–Crippen MR) is 68.2 cm³/mol. The Balaban J connectivity index is 3.79. The molecule has 0 bridgehead atoms. The zero-order valence-electron chi connectivity index (χ0n) is 11.4. The highest BCUT2D eigenvalue weighted by Gasteiger charge is 2.44. The Morgan fingerprint density at radius 1 is 0.957 bits per heavy atom. The minimum atomic E-state index is -5.44. The van der Waals surface area contributed by atoms with Gasteiger partial charge in [0, 0.05) is 5.56 Å². The fourth-order valence-corrected chi connectivity index (χ4v) is 2.36. The lowest BCUT2D eigenvalue weighted by molar-refractivity contribution is -0.154. The van der Waals surface area contributed by atoms with Gasteiger partial charge in [-0.1, -0.05) is 23.2 Å². The summed E-state index contributed by atoms with van der Waals surface area (Å²) in [5, 5.41) is -2.69. The summed E-state index contributed by atoms with van der Waals surface area (Å²) in [5.74, 6) is -9.34. The van der Waals surface area contributed by atoms with Crippen molar-refractivity contribution in [3.63, 3.8) is 0 Å². The number of halogens is 7. The van der Waals surface area contributed by atoms with Crippen molar-refractivity contribution >= 4 is 35.1 Å². The summed E-state index contributed by atoms with van der Waals surface area (Å²) in [4.78, 5) is 23.2. The molecule has 0 spiro atoms.